The van der Waals surface area contributed by atoms with E-state index >= 15 is 0 Å². The fraction of sp³-hybridized carbons (Fsp3) is 0.929. The number of ether oxygens (including phenoxy) is 1. The van der Waals surface area contributed by atoms with E-state index in [1.54, 1.807) is 0 Å². The quantitative estimate of drug-likeness (QED) is 0.709. The van der Waals surface area contributed by atoms with E-state index in [2.05, 4.69) is 4.90 Å². The first kappa shape index (κ1) is 12.9. The standard InChI is InChI=1S/C14H25NO2/c1-12(2)17-13(16)11-15-9-7-14(8-10-15)5-3-4-6-14/h12H,3-11H2,1-2H3. The summed E-state index contributed by atoms with van der Waals surface area (Å²) in [7, 11) is 0. The first-order valence-electron chi connectivity index (χ1n) is 7.02. The van der Waals surface area contributed by atoms with Gasteiger partial charge in [-0.1, -0.05) is 12.8 Å². The van der Waals surface area contributed by atoms with E-state index < -0.39 is 0 Å². The number of likely N-dealkylation sites (tertiary alicyclic amines) is 1. The van der Waals surface area contributed by atoms with E-state index in [4.69, 9.17) is 4.74 Å². The van der Waals surface area contributed by atoms with Crippen molar-refractivity contribution in [3.05, 3.63) is 0 Å². The summed E-state index contributed by atoms with van der Waals surface area (Å²) in [6.07, 6.45) is 8.22. The Hall–Kier alpha value is -0.570. The van der Waals surface area contributed by atoms with Crippen LogP contribution in [0.2, 0.25) is 0 Å². The molecule has 2 aliphatic rings. The van der Waals surface area contributed by atoms with Gasteiger partial charge in [0.15, 0.2) is 0 Å². The third-order valence-corrected chi connectivity index (χ3v) is 4.30. The SMILES string of the molecule is CC(C)OC(=O)CN1CCC2(CCCC2)CC1. The van der Waals surface area contributed by atoms with Gasteiger partial charge in [0.2, 0.25) is 0 Å². The minimum absolute atomic E-state index is 0.00784. The van der Waals surface area contributed by atoms with Crippen molar-refractivity contribution in [2.24, 2.45) is 5.41 Å². The third kappa shape index (κ3) is 3.44. The molecular weight excluding hydrogens is 214 g/mol. The minimum Gasteiger partial charge on any atom is -0.462 e. The Morgan fingerprint density at radius 2 is 1.76 bits per heavy atom. The molecule has 3 heteroatoms. The van der Waals surface area contributed by atoms with Gasteiger partial charge >= 0.3 is 5.97 Å². The first-order chi connectivity index (χ1) is 8.10. The van der Waals surface area contributed by atoms with E-state index in [1.807, 2.05) is 13.8 Å². The number of carbonyl (C=O) groups is 1. The van der Waals surface area contributed by atoms with Crippen LogP contribution in [-0.4, -0.2) is 36.6 Å². The summed E-state index contributed by atoms with van der Waals surface area (Å²) in [5, 5.41) is 0. The van der Waals surface area contributed by atoms with E-state index in [9.17, 15) is 4.79 Å². The highest BCUT2D eigenvalue weighted by Gasteiger charge is 2.37. The van der Waals surface area contributed by atoms with Gasteiger partial charge in [-0.2, -0.15) is 0 Å². The molecule has 0 radical (unpaired) electrons. The number of rotatable bonds is 3. The van der Waals surface area contributed by atoms with Crippen molar-refractivity contribution in [1.82, 2.24) is 4.90 Å². The molecule has 0 aromatic heterocycles. The molecule has 0 bridgehead atoms. The summed E-state index contributed by atoms with van der Waals surface area (Å²) in [4.78, 5) is 13.8. The summed E-state index contributed by atoms with van der Waals surface area (Å²) < 4.78 is 5.19. The first-order valence-corrected chi connectivity index (χ1v) is 7.02. The number of nitrogens with zero attached hydrogens (tertiary/aromatic N) is 1. The molecular formula is C14H25NO2. The molecule has 1 saturated carbocycles. The normalized spacial score (nSPS) is 24.4. The highest BCUT2D eigenvalue weighted by atomic mass is 16.5. The molecule has 0 aromatic carbocycles. The van der Waals surface area contributed by atoms with Gasteiger partial charge < -0.3 is 4.74 Å². The lowest BCUT2D eigenvalue weighted by molar-refractivity contribution is -0.149. The zero-order chi connectivity index (χ0) is 12.3. The Labute approximate surface area is 105 Å². The summed E-state index contributed by atoms with van der Waals surface area (Å²) in [6, 6.07) is 0. The number of carbonyl (C=O) groups excluding carboxylic acids is 1. The van der Waals surface area contributed by atoms with Gasteiger partial charge in [-0.15, -0.1) is 0 Å². The van der Waals surface area contributed by atoms with Crippen molar-refractivity contribution in [2.75, 3.05) is 19.6 Å². The van der Waals surface area contributed by atoms with E-state index in [0.29, 0.717) is 12.0 Å². The lowest BCUT2D eigenvalue weighted by atomic mass is 9.77. The maximum atomic E-state index is 11.6. The van der Waals surface area contributed by atoms with Crippen LogP contribution in [0.1, 0.15) is 52.4 Å². The van der Waals surface area contributed by atoms with Crippen LogP contribution in [0.3, 0.4) is 0 Å². The van der Waals surface area contributed by atoms with Gasteiger partial charge in [0.25, 0.3) is 0 Å². The lowest BCUT2D eigenvalue weighted by Crippen LogP contribution is -2.42. The molecule has 0 amide bonds. The predicted octanol–water partition coefficient (Wildman–Crippen LogP) is 2.59. The fourth-order valence-corrected chi connectivity index (χ4v) is 3.29. The molecule has 0 unspecified atom stereocenters. The van der Waals surface area contributed by atoms with E-state index in [0.717, 1.165) is 13.1 Å². The van der Waals surface area contributed by atoms with Crippen LogP contribution in [0.25, 0.3) is 0 Å². The van der Waals surface area contributed by atoms with Crippen molar-refractivity contribution in [3.8, 4) is 0 Å². The van der Waals surface area contributed by atoms with Crippen molar-refractivity contribution in [2.45, 2.75) is 58.5 Å². The second-order valence-electron chi connectivity index (χ2n) is 6.02. The Bertz CT molecular complexity index is 259. The molecule has 2 rings (SSSR count). The maximum absolute atomic E-state index is 11.6. The Balaban J connectivity index is 1.73. The molecule has 1 saturated heterocycles. The molecule has 1 spiro atoms. The van der Waals surface area contributed by atoms with Gasteiger partial charge in [0, 0.05) is 0 Å². The number of piperidine rings is 1. The summed E-state index contributed by atoms with van der Waals surface area (Å²) in [5.74, 6) is -0.0672. The largest absolute Gasteiger partial charge is 0.462 e. The average molecular weight is 239 g/mol. The van der Waals surface area contributed by atoms with Crippen LogP contribution in [0.15, 0.2) is 0 Å². The zero-order valence-electron chi connectivity index (χ0n) is 11.2. The third-order valence-electron chi connectivity index (χ3n) is 4.30. The van der Waals surface area contributed by atoms with Gasteiger partial charge in [0.1, 0.15) is 0 Å². The van der Waals surface area contributed by atoms with Crippen LogP contribution in [0.4, 0.5) is 0 Å². The molecule has 0 N–H and O–H groups in total. The molecule has 0 atom stereocenters. The van der Waals surface area contributed by atoms with Gasteiger partial charge in [-0.05, 0) is 58.0 Å². The van der Waals surface area contributed by atoms with Crippen molar-refractivity contribution >= 4 is 5.97 Å². The van der Waals surface area contributed by atoms with Crippen LogP contribution in [0.5, 0.6) is 0 Å². The Morgan fingerprint density at radius 3 is 2.29 bits per heavy atom. The Morgan fingerprint density at radius 1 is 1.18 bits per heavy atom. The summed E-state index contributed by atoms with van der Waals surface area (Å²) in [6.45, 7) is 6.44. The molecule has 3 nitrogen and oxygen atoms in total. The monoisotopic (exact) mass is 239 g/mol. The Kier molecular flexibility index (Phi) is 4.08. The molecule has 1 heterocycles. The van der Waals surface area contributed by atoms with Crippen molar-refractivity contribution in [1.29, 1.82) is 0 Å². The number of hydrogen-bond donors (Lipinski definition) is 0. The number of esters is 1. The van der Waals surface area contributed by atoms with Gasteiger partial charge in [-0.3, -0.25) is 9.69 Å². The molecule has 1 aliphatic heterocycles. The molecule has 2 fully saturated rings. The maximum Gasteiger partial charge on any atom is 0.320 e. The fourth-order valence-electron chi connectivity index (χ4n) is 3.29. The van der Waals surface area contributed by atoms with Gasteiger partial charge in [0.05, 0.1) is 12.6 Å². The zero-order valence-corrected chi connectivity index (χ0v) is 11.2. The second kappa shape index (κ2) is 5.38. The van der Waals surface area contributed by atoms with Crippen LogP contribution in [0, 0.1) is 5.41 Å². The predicted molar refractivity (Wildman–Crippen MR) is 67.8 cm³/mol. The van der Waals surface area contributed by atoms with Gasteiger partial charge in [-0.25, -0.2) is 0 Å². The lowest BCUT2D eigenvalue weighted by Gasteiger charge is -2.39. The minimum atomic E-state index is -0.0672. The van der Waals surface area contributed by atoms with Crippen LogP contribution >= 0.6 is 0 Å². The molecule has 98 valence electrons. The highest BCUT2D eigenvalue weighted by Crippen LogP contribution is 2.45. The molecule has 1 aliphatic carbocycles. The van der Waals surface area contributed by atoms with Crippen molar-refractivity contribution < 1.29 is 9.53 Å². The van der Waals surface area contributed by atoms with Crippen LogP contribution in [-0.2, 0) is 9.53 Å². The van der Waals surface area contributed by atoms with E-state index in [1.165, 1.54) is 38.5 Å². The van der Waals surface area contributed by atoms with Crippen molar-refractivity contribution in [3.63, 3.8) is 0 Å². The molecule has 17 heavy (non-hydrogen) atoms. The number of hydrogen-bond acceptors (Lipinski definition) is 3. The average Bonchev–Trinajstić information content (AvgIpc) is 2.69. The highest BCUT2D eigenvalue weighted by molar-refractivity contribution is 5.71. The van der Waals surface area contributed by atoms with E-state index in [-0.39, 0.29) is 12.1 Å². The topological polar surface area (TPSA) is 29.5 Å². The second-order valence-corrected chi connectivity index (χ2v) is 6.02. The smallest absolute Gasteiger partial charge is 0.320 e. The summed E-state index contributed by atoms with van der Waals surface area (Å²) >= 11 is 0. The molecule has 0 aromatic rings. The summed E-state index contributed by atoms with van der Waals surface area (Å²) in [5.41, 5.74) is 0.637. The van der Waals surface area contributed by atoms with Crippen LogP contribution < -0.4 is 0 Å².